The molecule has 1 atom stereocenters. The van der Waals surface area contributed by atoms with Gasteiger partial charge in [-0.3, -0.25) is 4.79 Å². The summed E-state index contributed by atoms with van der Waals surface area (Å²) >= 11 is 12.3. The van der Waals surface area contributed by atoms with Gasteiger partial charge in [-0.05, 0) is 35.4 Å². The quantitative estimate of drug-likeness (QED) is 0.703. The van der Waals surface area contributed by atoms with Gasteiger partial charge in [0.2, 0.25) is 5.91 Å². The molecular formula is C19H16Cl2FN3O. The van der Waals surface area contributed by atoms with E-state index >= 15 is 0 Å². The number of nitrogens with zero attached hydrogens (tertiary/aromatic N) is 2. The Kier molecular flexibility index (Phi) is 5.59. The molecule has 0 aliphatic heterocycles. The number of nitrogens with one attached hydrogen (secondary N) is 1. The van der Waals surface area contributed by atoms with Crippen LogP contribution in [0.15, 0.2) is 54.9 Å². The second-order valence-corrected chi connectivity index (χ2v) is 6.64. The summed E-state index contributed by atoms with van der Waals surface area (Å²) in [4.78, 5) is 16.9. The summed E-state index contributed by atoms with van der Waals surface area (Å²) in [5.41, 5.74) is 1.28. The van der Waals surface area contributed by atoms with Gasteiger partial charge in [0.25, 0.3) is 0 Å². The highest BCUT2D eigenvalue weighted by molar-refractivity contribution is 6.36. The first kappa shape index (κ1) is 18.4. The Bertz CT molecular complexity index is 905. The number of benzene rings is 2. The van der Waals surface area contributed by atoms with Crippen molar-refractivity contribution in [2.24, 2.45) is 7.05 Å². The first-order chi connectivity index (χ1) is 12.5. The van der Waals surface area contributed by atoms with Gasteiger partial charge in [0.1, 0.15) is 17.7 Å². The van der Waals surface area contributed by atoms with Crippen LogP contribution in [0.4, 0.5) is 4.39 Å². The van der Waals surface area contributed by atoms with E-state index in [2.05, 4.69) is 10.3 Å². The van der Waals surface area contributed by atoms with Crippen LogP contribution in [0, 0.1) is 5.82 Å². The SMILES string of the molecule is Cn1ccnc1[C@H](NC(=O)Cc1c(Cl)cccc1Cl)c1ccc(F)cc1. The molecule has 0 saturated heterocycles. The normalized spacial score (nSPS) is 12.0. The van der Waals surface area contributed by atoms with Crippen molar-refractivity contribution >= 4 is 29.1 Å². The highest BCUT2D eigenvalue weighted by Crippen LogP contribution is 2.26. The number of hydrogen-bond donors (Lipinski definition) is 1. The van der Waals surface area contributed by atoms with Crippen LogP contribution in [-0.2, 0) is 18.3 Å². The van der Waals surface area contributed by atoms with Crippen LogP contribution < -0.4 is 5.32 Å². The molecule has 26 heavy (non-hydrogen) atoms. The summed E-state index contributed by atoms with van der Waals surface area (Å²) in [6.07, 6.45) is 3.45. The number of imidazole rings is 1. The molecule has 0 unspecified atom stereocenters. The topological polar surface area (TPSA) is 46.9 Å². The number of halogens is 3. The predicted molar refractivity (Wildman–Crippen MR) is 99.8 cm³/mol. The van der Waals surface area contributed by atoms with Crippen LogP contribution in [0.25, 0.3) is 0 Å². The second kappa shape index (κ2) is 7.89. The number of hydrogen-bond acceptors (Lipinski definition) is 2. The van der Waals surface area contributed by atoms with Gasteiger partial charge in [0, 0.05) is 29.5 Å². The third-order valence-corrected chi connectivity index (χ3v) is 4.73. The smallest absolute Gasteiger partial charge is 0.225 e. The van der Waals surface area contributed by atoms with Crippen LogP contribution in [0.2, 0.25) is 10.0 Å². The van der Waals surface area contributed by atoms with Gasteiger partial charge < -0.3 is 9.88 Å². The number of rotatable bonds is 5. The van der Waals surface area contributed by atoms with E-state index in [0.717, 1.165) is 5.56 Å². The van der Waals surface area contributed by atoms with Crippen LogP contribution in [0.3, 0.4) is 0 Å². The third kappa shape index (κ3) is 4.06. The monoisotopic (exact) mass is 391 g/mol. The van der Waals surface area contributed by atoms with Gasteiger partial charge in [-0.25, -0.2) is 9.37 Å². The summed E-state index contributed by atoms with van der Waals surface area (Å²) in [6.45, 7) is 0. The highest BCUT2D eigenvalue weighted by atomic mass is 35.5. The first-order valence-electron chi connectivity index (χ1n) is 7.90. The molecular weight excluding hydrogens is 376 g/mol. The molecule has 0 aliphatic carbocycles. The standard InChI is InChI=1S/C19H16Cl2FN3O/c1-25-10-9-23-19(25)18(12-5-7-13(22)8-6-12)24-17(26)11-14-15(20)3-2-4-16(14)21/h2-10,18H,11H2,1H3,(H,24,26)/t18-/m1/s1. The number of amides is 1. The average molecular weight is 392 g/mol. The van der Waals surface area contributed by atoms with Gasteiger partial charge in [0.15, 0.2) is 0 Å². The number of carbonyl (C=O) groups excluding carboxylic acids is 1. The van der Waals surface area contributed by atoms with E-state index in [1.165, 1.54) is 12.1 Å². The summed E-state index contributed by atoms with van der Waals surface area (Å²) < 4.78 is 15.1. The van der Waals surface area contributed by atoms with E-state index in [4.69, 9.17) is 23.2 Å². The molecule has 2 aromatic carbocycles. The predicted octanol–water partition coefficient (Wildman–Crippen LogP) is 4.31. The maximum Gasteiger partial charge on any atom is 0.225 e. The minimum atomic E-state index is -0.524. The van der Waals surface area contributed by atoms with Crippen molar-refractivity contribution in [1.82, 2.24) is 14.9 Å². The lowest BCUT2D eigenvalue weighted by Gasteiger charge is -2.19. The van der Waals surface area contributed by atoms with Crippen LogP contribution in [0.1, 0.15) is 23.0 Å². The van der Waals surface area contributed by atoms with E-state index in [1.807, 2.05) is 7.05 Å². The summed E-state index contributed by atoms with van der Waals surface area (Å²) in [6, 6.07) is 10.5. The fourth-order valence-electron chi connectivity index (χ4n) is 2.68. The molecule has 1 amide bonds. The van der Waals surface area contributed by atoms with Crippen molar-refractivity contribution in [3.05, 3.63) is 87.7 Å². The molecule has 0 aliphatic rings. The Morgan fingerprint density at radius 1 is 1.19 bits per heavy atom. The van der Waals surface area contributed by atoms with Crippen molar-refractivity contribution in [2.45, 2.75) is 12.5 Å². The molecule has 0 radical (unpaired) electrons. The lowest BCUT2D eigenvalue weighted by Crippen LogP contribution is -2.32. The molecule has 7 heteroatoms. The Labute approximate surface area is 160 Å². The maximum absolute atomic E-state index is 13.3. The number of aryl methyl sites for hydroxylation is 1. The summed E-state index contributed by atoms with van der Waals surface area (Å²) in [7, 11) is 1.83. The van der Waals surface area contributed by atoms with Gasteiger partial charge in [-0.1, -0.05) is 41.4 Å². The number of aromatic nitrogens is 2. The Hall–Kier alpha value is -2.37. The zero-order valence-corrected chi connectivity index (χ0v) is 15.4. The largest absolute Gasteiger partial charge is 0.342 e. The van der Waals surface area contributed by atoms with Gasteiger partial charge >= 0.3 is 0 Å². The Balaban J connectivity index is 1.87. The van der Waals surface area contributed by atoms with E-state index < -0.39 is 6.04 Å². The molecule has 3 rings (SSSR count). The van der Waals surface area contributed by atoms with E-state index in [9.17, 15) is 9.18 Å². The van der Waals surface area contributed by atoms with Crippen LogP contribution in [0.5, 0.6) is 0 Å². The summed E-state index contributed by atoms with van der Waals surface area (Å²) in [5.74, 6) is 0.0223. The fraction of sp³-hybridized carbons (Fsp3) is 0.158. The van der Waals surface area contributed by atoms with Crippen molar-refractivity contribution in [1.29, 1.82) is 0 Å². The third-order valence-electron chi connectivity index (χ3n) is 4.02. The number of carbonyl (C=O) groups is 1. The molecule has 1 aromatic heterocycles. The van der Waals surface area contributed by atoms with Gasteiger partial charge in [0.05, 0.1) is 6.42 Å². The van der Waals surface area contributed by atoms with Crippen LogP contribution >= 0.6 is 23.2 Å². The van der Waals surface area contributed by atoms with E-state index in [1.54, 1.807) is 47.3 Å². The molecule has 0 fully saturated rings. The van der Waals surface area contributed by atoms with Crippen molar-refractivity contribution in [3.8, 4) is 0 Å². The highest BCUT2D eigenvalue weighted by Gasteiger charge is 2.22. The van der Waals surface area contributed by atoms with Crippen molar-refractivity contribution in [2.75, 3.05) is 0 Å². The van der Waals surface area contributed by atoms with E-state index in [-0.39, 0.29) is 18.1 Å². The zero-order valence-electron chi connectivity index (χ0n) is 13.9. The molecule has 4 nitrogen and oxygen atoms in total. The van der Waals surface area contributed by atoms with Gasteiger partial charge in [-0.2, -0.15) is 0 Å². The minimum absolute atomic E-state index is 0.0284. The zero-order chi connectivity index (χ0) is 18.7. The minimum Gasteiger partial charge on any atom is -0.342 e. The van der Waals surface area contributed by atoms with Crippen molar-refractivity contribution < 1.29 is 9.18 Å². The van der Waals surface area contributed by atoms with Crippen molar-refractivity contribution in [3.63, 3.8) is 0 Å². The maximum atomic E-state index is 13.3. The molecule has 0 spiro atoms. The first-order valence-corrected chi connectivity index (χ1v) is 8.66. The average Bonchev–Trinajstić information content (AvgIpc) is 3.03. The van der Waals surface area contributed by atoms with E-state index in [0.29, 0.717) is 21.4 Å². The molecule has 134 valence electrons. The molecule has 0 bridgehead atoms. The molecule has 0 saturated carbocycles. The second-order valence-electron chi connectivity index (χ2n) is 5.83. The molecule has 1 heterocycles. The molecule has 1 N–H and O–H groups in total. The Morgan fingerprint density at radius 3 is 2.42 bits per heavy atom. The summed E-state index contributed by atoms with van der Waals surface area (Å²) in [5, 5.41) is 3.80. The lowest BCUT2D eigenvalue weighted by atomic mass is 10.0. The van der Waals surface area contributed by atoms with Gasteiger partial charge in [-0.15, -0.1) is 0 Å². The van der Waals surface area contributed by atoms with Crippen LogP contribution in [-0.4, -0.2) is 15.5 Å². The molecule has 3 aromatic rings. The fourth-order valence-corrected chi connectivity index (χ4v) is 3.21. The Morgan fingerprint density at radius 2 is 1.85 bits per heavy atom. The lowest BCUT2D eigenvalue weighted by molar-refractivity contribution is -0.121.